The summed E-state index contributed by atoms with van der Waals surface area (Å²) in [5.41, 5.74) is 6.44. The number of rotatable bonds is 6. The molecule has 0 aliphatic heterocycles. The molecule has 100 valence electrons. The van der Waals surface area contributed by atoms with Gasteiger partial charge in [-0.2, -0.15) is 0 Å². The highest BCUT2D eigenvalue weighted by Gasteiger charge is 2.12. The minimum absolute atomic E-state index is 0.0249. The van der Waals surface area contributed by atoms with Crippen molar-refractivity contribution in [3.8, 4) is 0 Å². The van der Waals surface area contributed by atoms with Gasteiger partial charge in [0.1, 0.15) is 0 Å². The number of hydrogen-bond acceptors (Lipinski definition) is 3. The predicted octanol–water partition coefficient (Wildman–Crippen LogP) is 1.55. The van der Waals surface area contributed by atoms with Crippen molar-refractivity contribution in [2.24, 2.45) is 11.7 Å². The van der Waals surface area contributed by atoms with Crippen LogP contribution in [0.1, 0.15) is 29.8 Å². The van der Waals surface area contributed by atoms with E-state index in [-0.39, 0.29) is 12.6 Å². The molecule has 0 unspecified atom stereocenters. The Bertz CT molecular complexity index is 421. The molecule has 0 radical (unpaired) electrons. The number of aliphatic hydroxyl groups excluding tert-OH is 1. The molecule has 0 aliphatic rings. The Morgan fingerprint density at radius 2 is 2.17 bits per heavy atom. The van der Waals surface area contributed by atoms with Crippen LogP contribution in [0.25, 0.3) is 0 Å². The van der Waals surface area contributed by atoms with E-state index in [0.717, 1.165) is 5.56 Å². The summed E-state index contributed by atoms with van der Waals surface area (Å²) in [5, 5.41) is 12.9. The van der Waals surface area contributed by atoms with Gasteiger partial charge in [0.25, 0.3) is 0 Å². The molecular weight excluding hydrogens is 252 g/mol. The Morgan fingerprint density at radius 1 is 1.50 bits per heavy atom. The lowest BCUT2D eigenvalue weighted by Crippen LogP contribution is -2.36. The monoisotopic (exact) mass is 270 g/mol. The van der Waals surface area contributed by atoms with Gasteiger partial charge in [0.15, 0.2) is 0 Å². The number of amides is 1. The maximum atomic E-state index is 11.0. The Labute approximate surface area is 112 Å². The third-order valence-electron chi connectivity index (χ3n) is 2.89. The molecule has 0 bridgehead atoms. The van der Waals surface area contributed by atoms with E-state index >= 15 is 0 Å². The van der Waals surface area contributed by atoms with Crippen LogP contribution in [0.4, 0.5) is 0 Å². The molecule has 1 atom stereocenters. The highest BCUT2D eigenvalue weighted by molar-refractivity contribution is 6.31. The largest absolute Gasteiger partial charge is 0.395 e. The molecule has 4 N–H and O–H groups in total. The van der Waals surface area contributed by atoms with Crippen molar-refractivity contribution in [1.29, 1.82) is 0 Å². The van der Waals surface area contributed by atoms with Crippen LogP contribution >= 0.6 is 11.6 Å². The van der Waals surface area contributed by atoms with Gasteiger partial charge in [0.2, 0.25) is 5.91 Å². The fourth-order valence-corrected chi connectivity index (χ4v) is 1.84. The summed E-state index contributed by atoms with van der Waals surface area (Å²) in [6.07, 6.45) is 0. The fraction of sp³-hybridized carbons (Fsp3) is 0.462. The van der Waals surface area contributed by atoms with Gasteiger partial charge in [-0.25, -0.2) is 0 Å². The molecule has 5 heteroatoms. The molecule has 0 saturated carbocycles. The van der Waals surface area contributed by atoms with Crippen LogP contribution in [0.3, 0.4) is 0 Å². The van der Waals surface area contributed by atoms with Crippen molar-refractivity contribution in [2.45, 2.75) is 26.4 Å². The maximum absolute atomic E-state index is 11.0. The van der Waals surface area contributed by atoms with E-state index in [4.69, 9.17) is 17.3 Å². The lowest BCUT2D eigenvalue weighted by molar-refractivity contribution is 0.100. The minimum atomic E-state index is -0.494. The minimum Gasteiger partial charge on any atom is -0.395 e. The van der Waals surface area contributed by atoms with Crippen LogP contribution in [0.5, 0.6) is 0 Å². The number of nitrogens with one attached hydrogen (secondary N) is 1. The number of aliphatic hydroxyl groups is 1. The Kier molecular flexibility index (Phi) is 5.59. The number of halogens is 1. The molecule has 18 heavy (non-hydrogen) atoms. The van der Waals surface area contributed by atoms with E-state index in [1.807, 2.05) is 13.8 Å². The summed E-state index contributed by atoms with van der Waals surface area (Å²) < 4.78 is 0. The third-order valence-corrected chi connectivity index (χ3v) is 3.25. The molecule has 4 nitrogen and oxygen atoms in total. The highest BCUT2D eigenvalue weighted by Crippen LogP contribution is 2.18. The van der Waals surface area contributed by atoms with E-state index in [9.17, 15) is 9.90 Å². The van der Waals surface area contributed by atoms with Crippen molar-refractivity contribution in [3.05, 3.63) is 34.3 Å². The summed E-state index contributed by atoms with van der Waals surface area (Å²) >= 11 is 6.07. The Morgan fingerprint density at radius 3 is 2.61 bits per heavy atom. The highest BCUT2D eigenvalue weighted by atomic mass is 35.5. The van der Waals surface area contributed by atoms with Gasteiger partial charge in [-0.15, -0.1) is 0 Å². The number of nitrogens with two attached hydrogens (primary N) is 1. The molecule has 1 aromatic carbocycles. The van der Waals surface area contributed by atoms with Crippen LogP contribution in [-0.4, -0.2) is 23.7 Å². The lowest BCUT2D eigenvalue weighted by Gasteiger charge is -2.20. The van der Waals surface area contributed by atoms with Gasteiger partial charge in [-0.05, 0) is 23.6 Å². The zero-order valence-corrected chi connectivity index (χ0v) is 11.4. The molecule has 1 rings (SSSR count). The zero-order chi connectivity index (χ0) is 13.7. The molecule has 0 aromatic heterocycles. The van der Waals surface area contributed by atoms with Crippen molar-refractivity contribution in [2.75, 3.05) is 6.61 Å². The van der Waals surface area contributed by atoms with Crippen LogP contribution in [0.2, 0.25) is 5.02 Å². The molecule has 0 aliphatic carbocycles. The van der Waals surface area contributed by atoms with Crippen LogP contribution < -0.4 is 11.1 Å². The smallest absolute Gasteiger partial charge is 0.248 e. The first kappa shape index (κ1) is 15.0. The fourth-order valence-electron chi connectivity index (χ4n) is 1.60. The van der Waals surface area contributed by atoms with Gasteiger partial charge in [0, 0.05) is 23.2 Å². The van der Waals surface area contributed by atoms with Crippen molar-refractivity contribution in [1.82, 2.24) is 5.32 Å². The van der Waals surface area contributed by atoms with E-state index in [1.165, 1.54) is 0 Å². The molecule has 1 amide bonds. The number of carbonyl (C=O) groups is 1. The number of hydrogen-bond donors (Lipinski definition) is 3. The summed E-state index contributed by atoms with van der Waals surface area (Å²) in [6.45, 7) is 4.69. The molecule has 0 saturated heterocycles. The SMILES string of the molecule is CC(C)[C@@H](CO)NCc1ccc(C(N)=O)cc1Cl. The van der Waals surface area contributed by atoms with E-state index in [0.29, 0.717) is 23.0 Å². The molecule has 1 aromatic rings. The van der Waals surface area contributed by atoms with E-state index < -0.39 is 5.91 Å². The first-order valence-electron chi connectivity index (χ1n) is 5.88. The second-order valence-corrected chi connectivity index (χ2v) is 4.99. The van der Waals surface area contributed by atoms with E-state index in [1.54, 1.807) is 18.2 Å². The average Bonchev–Trinajstić information content (AvgIpc) is 2.30. The summed E-state index contributed by atoms with van der Waals surface area (Å²) in [7, 11) is 0. The Hall–Kier alpha value is -1.10. The number of carbonyl (C=O) groups excluding carboxylic acids is 1. The molecule has 0 fully saturated rings. The summed E-state index contributed by atoms with van der Waals surface area (Å²) in [5.74, 6) is -0.162. The standard InChI is InChI=1S/C13H19ClN2O2/c1-8(2)12(7-17)16-6-10-4-3-9(13(15)18)5-11(10)14/h3-5,8,12,16-17H,6-7H2,1-2H3,(H2,15,18)/t12-/m1/s1. The Balaban J connectivity index is 2.71. The maximum Gasteiger partial charge on any atom is 0.248 e. The van der Waals surface area contributed by atoms with Gasteiger partial charge < -0.3 is 16.2 Å². The van der Waals surface area contributed by atoms with Crippen molar-refractivity contribution in [3.63, 3.8) is 0 Å². The molecular formula is C13H19ClN2O2. The van der Waals surface area contributed by atoms with Crippen LogP contribution in [0, 0.1) is 5.92 Å². The number of primary amides is 1. The topological polar surface area (TPSA) is 75.3 Å². The second kappa shape index (κ2) is 6.73. The lowest BCUT2D eigenvalue weighted by atomic mass is 10.0. The predicted molar refractivity (Wildman–Crippen MR) is 72.5 cm³/mol. The average molecular weight is 271 g/mol. The van der Waals surface area contributed by atoms with Gasteiger partial charge >= 0.3 is 0 Å². The van der Waals surface area contributed by atoms with E-state index in [2.05, 4.69) is 5.32 Å². The van der Waals surface area contributed by atoms with Gasteiger partial charge in [-0.1, -0.05) is 31.5 Å². The normalized spacial score (nSPS) is 12.7. The number of benzene rings is 1. The first-order chi connectivity index (χ1) is 8.45. The third kappa shape index (κ3) is 3.98. The van der Waals surface area contributed by atoms with Crippen LogP contribution in [-0.2, 0) is 6.54 Å². The molecule has 0 spiro atoms. The molecule has 0 heterocycles. The van der Waals surface area contributed by atoms with Crippen LogP contribution in [0.15, 0.2) is 18.2 Å². The zero-order valence-electron chi connectivity index (χ0n) is 10.6. The second-order valence-electron chi connectivity index (χ2n) is 4.58. The van der Waals surface area contributed by atoms with Crippen molar-refractivity contribution >= 4 is 17.5 Å². The van der Waals surface area contributed by atoms with Gasteiger partial charge in [0.05, 0.1) is 6.61 Å². The summed E-state index contributed by atoms with van der Waals surface area (Å²) in [6, 6.07) is 5.00. The van der Waals surface area contributed by atoms with Gasteiger partial charge in [-0.3, -0.25) is 4.79 Å². The first-order valence-corrected chi connectivity index (χ1v) is 6.26. The quantitative estimate of drug-likeness (QED) is 0.734. The van der Waals surface area contributed by atoms with Crippen molar-refractivity contribution < 1.29 is 9.90 Å². The summed E-state index contributed by atoms with van der Waals surface area (Å²) in [4.78, 5) is 11.0.